The highest BCUT2D eigenvalue weighted by atomic mass is 35.5. The number of rotatable bonds is 7. The topological polar surface area (TPSA) is 134 Å². The molecule has 0 aromatic heterocycles. The second kappa shape index (κ2) is 10.8. The molecule has 31 heavy (non-hydrogen) atoms. The van der Waals surface area contributed by atoms with Crippen LogP contribution in [0.5, 0.6) is 0 Å². The third kappa shape index (κ3) is 5.66. The molecule has 2 fully saturated rings. The lowest BCUT2D eigenvalue weighted by Gasteiger charge is -2.48. The van der Waals surface area contributed by atoms with Gasteiger partial charge in [0, 0.05) is 44.0 Å². The fourth-order valence-electron chi connectivity index (χ4n) is 4.56. The summed E-state index contributed by atoms with van der Waals surface area (Å²) in [5.41, 5.74) is 7.29. The van der Waals surface area contributed by atoms with E-state index in [-0.39, 0.29) is 24.4 Å². The summed E-state index contributed by atoms with van der Waals surface area (Å²) in [6.07, 6.45) is 2.70. The van der Waals surface area contributed by atoms with Crippen molar-refractivity contribution in [3.05, 3.63) is 29.8 Å². The maximum absolute atomic E-state index is 11.9. The molecule has 0 aliphatic carbocycles. The Labute approximate surface area is 188 Å². The third-order valence-electron chi connectivity index (χ3n) is 6.26. The quantitative estimate of drug-likeness (QED) is 0.360. The highest BCUT2D eigenvalue weighted by Gasteiger charge is 2.42. The van der Waals surface area contributed by atoms with Crippen molar-refractivity contribution in [1.29, 1.82) is 5.41 Å². The number of anilines is 1. The van der Waals surface area contributed by atoms with E-state index in [1.807, 2.05) is 29.2 Å². The zero-order valence-corrected chi connectivity index (χ0v) is 18.6. The van der Waals surface area contributed by atoms with Gasteiger partial charge in [0.1, 0.15) is 11.9 Å². The van der Waals surface area contributed by atoms with Crippen molar-refractivity contribution < 1.29 is 19.8 Å². The summed E-state index contributed by atoms with van der Waals surface area (Å²) in [4.78, 5) is 29.9. The van der Waals surface area contributed by atoms with E-state index in [0.717, 1.165) is 51.1 Å². The van der Waals surface area contributed by atoms with Crippen LogP contribution in [0.15, 0.2) is 24.3 Å². The van der Waals surface area contributed by atoms with Gasteiger partial charge in [-0.2, -0.15) is 0 Å². The van der Waals surface area contributed by atoms with Gasteiger partial charge in [0.05, 0.1) is 12.1 Å². The number of amidine groups is 1. The molecule has 3 atom stereocenters. The lowest BCUT2D eigenvalue weighted by molar-refractivity contribution is -0.159. The normalized spacial score (nSPS) is 22.2. The van der Waals surface area contributed by atoms with E-state index in [1.165, 1.54) is 6.92 Å². The molecular formula is C21H32ClN5O4. The average Bonchev–Trinajstić information content (AvgIpc) is 2.74. The molecule has 2 aliphatic heterocycles. The molecule has 2 heterocycles. The van der Waals surface area contributed by atoms with Crippen molar-refractivity contribution in [2.24, 2.45) is 11.7 Å². The first-order valence-electron chi connectivity index (χ1n) is 10.4. The van der Waals surface area contributed by atoms with Gasteiger partial charge in [0.25, 0.3) is 0 Å². The second-order valence-electron chi connectivity index (χ2n) is 8.11. The molecule has 0 bridgehead atoms. The van der Waals surface area contributed by atoms with E-state index in [4.69, 9.17) is 11.1 Å². The molecule has 1 aromatic rings. The van der Waals surface area contributed by atoms with Crippen LogP contribution in [0.2, 0.25) is 0 Å². The number of nitrogen functional groups attached to an aromatic ring is 1. The van der Waals surface area contributed by atoms with E-state index >= 15 is 0 Å². The van der Waals surface area contributed by atoms with Gasteiger partial charge >= 0.3 is 11.9 Å². The molecule has 3 unspecified atom stereocenters. The number of nitrogens with two attached hydrogens (primary N) is 1. The Hall–Kier alpha value is -2.36. The van der Waals surface area contributed by atoms with Crippen LogP contribution in [0.25, 0.3) is 0 Å². The molecular weight excluding hydrogens is 422 g/mol. The van der Waals surface area contributed by atoms with Crippen LogP contribution in [-0.2, 0) is 9.59 Å². The van der Waals surface area contributed by atoms with Crippen molar-refractivity contribution in [3.63, 3.8) is 0 Å². The number of nitrogens with zero attached hydrogens (tertiary/aromatic N) is 3. The Morgan fingerprint density at radius 1 is 1.03 bits per heavy atom. The van der Waals surface area contributed by atoms with Crippen molar-refractivity contribution >= 4 is 35.9 Å². The Morgan fingerprint density at radius 2 is 1.65 bits per heavy atom. The van der Waals surface area contributed by atoms with Crippen LogP contribution in [-0.4, -0.2) is 82.7 Å². The molecule has 2 aliphatic rings. The van der Waals surface area contributed by atoms with E-state index in [1.54, 1.807) is 0 Å². The van der Waals surface area contributed by atoms with Crippen molar-refractivity contribution in [1.82, 2.24) is 9.80 Å². The van der Waals surface area contributed by atoms with Gasteiger partial charge in [-0.3, -0.25) is 24.8 Å². The number of carboxylic acids is 2. The standard InChI is InChI=1S/C21H31N5O4.ClH/c1-14(20(27)28)18(21(29)30)26-9-3-2-4-17(26)25-12-10-24(11-13-25)16-7-5-15(6-8-16)19(22)23;/h5-8,14,17-18H,2-4,9-13H2,1H3,(H3,22,23)(H,27,28)(H,29,30);1H. The maximum Gasteiger partial charge on any atom is 0.321 e. The highest BCUT2D eigenvalue weighted by Crippen LogP contribution is 2.28. The van der Waals surface area contributed by atoms with Crippen LogP contribution in [0.3, 0.4) is 0 Å². The van der Waals surface area contributed by atoms with Gasteiger partial charge in [-0.05, 0) is 50.5 Å². The molecule has 9 nitrogen and oxygen atoms in total. The monoisotopic (exact) mass is 453 g/mol. The summed E-state index contributed by atoms with van der Waals surface area (Å²) in [6, 6.07) is 6.60. The predicted octanol–water partition coefficient (Wildman–Crippen LogP) is 1.50. The van der Waals surface area contributed by atoms with Gasteiger partial charge in [-0.1, -0.05) is 0 Å². The van der Waals surface area contributed by atoms with Gasteiger partial charge in [0.15, 0.2) is 0 Å². The van der Waals surface area contributed by atoms with Crippen LogP contribution in [0, 0.1) is 11.3 Å². The summed E-state index contributed by atoms with van der Waals surface area (Å²) in [7, 11) is 0. The average molecular weight is 454 g/mol. The molecule has 0 saturated carbocycles. The van der Waals surface area contributed by atoms with Crippen LogP contribution < -0.4 is 10.6 Å². The number of benzene rings is 1. The van der Waals surface area contributed by atoms with Gasteiger partial charge in [-0.15, -0.1) is 12.4 Å². The molecule has 3 rings (SSSR count). The molecule has 5 N–H and O–H groups in total. The van der Waals surface area contributed by atoms with Crippen LogP contribution in [0.1, 0.15) is 31.7 Å². The number of likely N-dealkylation sites (tertiary alicyclic amines) is 1. The fourth-order valence-corrected chi connectivity index (χ4v) is 4.56. The van der Waals surface area contributed by atoms with Crippen LogP contribution in [0.4, 0.5) is 5.69 Å². The molecule has 10 heteroatoms. The molecule has 172 valence electrons. The first-order valence-corrected chi connectivity index (χ1v) is 10.4. The van der Waals surface area contributed by atoms with Crippen molar-refractivity contribution in [3.8, 4) is 0 Å². The number of carbonyl (C=O) groups is 2. The first-order chi connectivity index (χ1) is 14.3. The number of hydrogen-bond acceptors (Lipinski definition) is 6. The maximum atomic E-state index is 11.9. The van der Waals surface area contributed by atoms with E-state index in [0.29, 0.717) is 12.1 Å². The van der Waals surface area contributed by atoms with Crippen LogP contribution >= 0.6 is 12.4 Å². The molecule has 0 radical (unpaired) electrons. The summed E-state index contributed by atoms with van der Waals surface area (Å²) in [5, 5.41) is 26.7. The Balaban J connectivity index is 0.00000341. The van der Waals surface area contributed by atoms with Crippen molar-refractivity contribution in [2.75, 3.05) is 37.6 Å². The minimum absolute atomic E-state index is 0. The third-order valence-corrected chi connectivity index (χ3v) is 6.26. The Kier molecular flexibility index (Phi) is 8.67. The van der Waals surface area contributed by atoms with E-state index in [2.05, 4.69) is 9.80 Å². The minimum atomic E-state index is -1.08. The molecule has 2 saturated heterocycles. The Morgan fingerprint density at radius 3 is 2.16 bits per heavy atom. The highest BCUT2D eigenvalue weighted by molar-refractivity contribution is 5.95. The van der Waals surface area contributed by atoms with Gasteiger partial charge in [0.2, 0.25) is 0 Å². The molecule has 0 amide bonds. The minimum Gasteiger partial charge on any atom is -0.481 e. The first kappa shape index (κ1) is 24.9. The largest absolute Gasteiger partial charge is 0.481 e. The number of halogens is 1. The van der Waals surface area contributed by atoms with Crippen molar-refractivity contribution in [2.45, 2.75) is 38.4 Å². The SMILES string of the molecule is CC(C(=O)O)C(C(=O)O)N1CCCCC1N1CCN(c2ccc(C(=N)N)cc2)CC1.Cl. The number of piperazine rings is 1. The lowest BCUT2D eigenvalue weighted by atomic mass is 9.95. The smallest absolute Gasteiger partial charge is 0.321 e. The zero-order valence-electron chi connectivity index (χ0n) is 17.7. The molecule has 0 spiro atoms. The second-order valence-corrected chi connectivity index (χ2v) is 8.11. The van der Waals surface area contributed by atoms with E-state index < -0.39 is 23.9 Å². The number of piperidine rings is 1. The zero-order chi connectivity index (χ0) is 21.8. The Bertz CT molecular complexity index is 782. The van der Waals surface area contributed by atoms with E-state index in [9.17, 15) is 19.8 Å². The molecule has 1 aromatic carbocycles. The number of nitrogens with one attached hydrogen (secondary N) is 1. The van der Waals surface area contributed by atoms with Gasteiger partial charge in [-0.25, -0.2) is 0 Å². The summed E-state index contributed by atoms with van der Waals surface area (Å²) < 4.78 is 0. The number of aliphatic carboxylic acids is 2. The van der Waals surface area contributed by atoms with Gasteiger partial charge < -0.3 is 20.8 Å². The number of carboxylic acid groups (broad SMARTS) is 2. The summed E-state index contributed by atoms with van der Waals surface area (Å²) in [5.74, 6) is -3.07. The predicted molar refractivity (Wildman–Crippen MR) is 121 cm³/mol. The summed E-state index contributed by atoms with van der Waals surface area (Å²) in [6.45, 7) is 5.25. The number of hydrogen-bond donors (Lipinski definition) is 4. The fraction of sp³-hybridized carbons (Fsp3) is 0.571. The summed E-state index contributed by atoms with van der Waals surface area (Å²) >= 11 is 0. The lowest BCUT2D eigenvalue weighted by Crippen LogP contribution is -2.62.